The van der Waals surface area contributed by atoms with Crippen molar-refractivity contribution in [2.45, 2.75) is 24.3 Å². The first kappa shape index (κ1) is 22.7. The smallest absolute Gasteiger partial charge is 0.243 e. The molecule has 2 aromatic carbocycles. The molecule has 166 valence electrons. The minimum absolute atomic E-state index is 0.227. The van der Waals surface area contributed by atoms with E-state index in [0.717, 1.165) is 5.56 Å². The number of ether oxygens (including phenoxy) is 3. The average Bonchev–Trinajstić information content (AvgIpc) is 2.79. The van der Waals surface area contributed by atoms with Gasteiger partial charge in [0.15, 0.2) is 11.5 Å². The summed E-state index contributed by atoms with van der Waals surface area (Å²) in [6.45, 7) is 0.227. The van der Waals surface area contributed by atoms with E-state index in [1.807, 2.05) is 0 Å². The van der Waals surface area contributed by atoms with Crippen LogP contribution >= 0.6 is 11.8 Å². The summed E-state index contributed by atoms with van der Waals surface area (Å²) in [5, 5.41) is 5.13. The third-order valence-electron chi connectivity index (χ3n) is 4.94. The molecule has 0 spiro atoms. The van der Waals surface area contributed by atoms with E-state index >= 15 is 0 Å². The number of thioether (sulfide) groups is 1. The summed E-state index contributed by atoms with van der Waals surface area (Å²) in [6.07, 6.45) is 0.281. The quantitative estimate of drug-likeness (QED) is 0.645. The summed E-state index contributed by atoms with van der Waals surface area (Å²) in [5.74, 6) is 0.961. The SMILES string of the molecule is COc1cc(CNC(=O)C2CSC(Cc3ccccc3F)C(=O)N2)cc(OC)c1OC. The Balaban J connectivity index is 1.58. The maximum Gasteiger partial charge on any atom is 0.243 e. The summed E-state index contributed by atoms with van der Waals surface area (Å²) in [7, 11) is 4.56. The van der Waals surface area contributed by atoms with Crippen LogP contribution in [-0.4, -0.2) is 50.2 Å². The van der Waals surface area contributed by atoms with E-state index in [9.17, 15) is 14.0 Å². The predicted octanol–water partition coefficient (Wildman–Crippen LogP) is 2.31. The van der Waals surface area contributed by atoms with Gasteiger partial charge in [0.1, 0.15) is 11.9 Å². The molecule has 7 nitrogen and oxygen atoms in total. The number of hydrogen-bond acceptors (Lipinski definition) is 6. The minimum atomic E-state index is -0.656. The normalized spacial score (nSPS) is 18.1. The van der Waals surface area contributed by atoms with E-state index in [1.165, 1.54) is 39.2 Å². The molecule has 31 heavy (non-hydrogen) atoms. The summed E-state index contributed by atoms with van der Waals surface area (Å²) < 4.78 is 29.8. The molecule has 1 aliphatic heterocycles. The van der Waals surface area contributed by atoms with Crippen molar-refractivity contribution in [2.75, 3.05) is 27.1 Å². The van der Waals surface area contributed by atoms with E-state index in [4.69, 9.17) is 14.2 Å². The van der Waals surface area contributed by atoms with Crippen LogP contribution in [-0.2, 0) is 22.6 Å². The Morgan fingerprint density at radius 3 is 2.42 bits per heavy atom. The van der Waals surface area contributed by atoms with Crippen molar-refractivity contribution in [3.63, 3.8) is 0 Å². The molecular weight excluding hydrogens is 423 g/mol. The molecule has 0 bridgehead atoms. The van der Waals surface area contributed by atoms with E-state index in [-0.39, 0.29) is 30.6 Å². The summed E-state index contributed by atoms with van der Waals surface area (Å²) in [6, 6.07) is 9.24. The van der Waals surface area contributed by atoms with Crippen LogP contribution in [0.3, 0.4) is 0 Å². The molecule has 0 saturated carbocycles. The van der Waals surface area contributed by atoms with Gasteiger partial charge in [0.25, 0.3) is 0 Å². The molecule has 1 fully saturated rings. The maximum atomic E-state index is 13.9. The van der Waals surface area contributed by atoms with Crippen LogP contribution in [0.1, 0.15) is 11.1 Å². The monoisotopic (exact) mass is 448 g/mol. The van der Waals surface area contributed by atoms with Crippen molar-refractivity contribution in [1.82, 2.24) is 10.6 Å². The van der Waals surface area contributed by atoms with E-state index in [1.54, 1.807) is 30.3 Å². The lowest BCUT2D eigenvalue weighted by Gasteiger charge is -2.28. The zero-order valence-electron chi connectivity index (χ0n) is 17.6. The fourth-order valence-electron chi connectivity index (χ4n) is 3.30. The molecule has 3 rings (SSSR count). The van der Waals surface area contributed by atoms with Gasteiger partial charge < -0.3 is 24.8 Å². The molecule has 9 heteroatoms. The van der Waals surface area contributed by atoms with Gasteiger partial charge in [-0.15, -0.1) is 11.8 Å². The number of hydrogen-bond donors (Lipinski definition) is 2. The number of rotatable bonds is 8. The molecule has 0 aliphatic carbocycles. The van der Waals surface area contributed by atoms with Gasteiger partial charge in [0, 0.05) is 12.3 Å². The van der Waals surface area contributed by atoms with Gasteiger partial charge in [-0.05, 0) is 35.7 Å². The molecule has 2 atom stereocenters. The lowest BCUT2D eigenvalue weighted by molar-refractivity contribution is -0.128. The molecular formula is C22H25FN2O5S. The molecule has 0 radical (unpaired) electrons. The number of amides is 2. The standard InChI is InChI=1S/C22H25FN2O5S/c1-28-17-8-13(9-18(29-2)20(17)30-3)11-24-21(26)16-12-31-19(22(27)25-16)10-14-6-4-5-7-15(14)23/h4-9,16,19H,10-12H2,1-3H3,(H,24,26)(H,25,27). The Labute approximate surface area is 184 Å². The Morgan fingerprint density at radius 2 is 1.84 bits per heavy atom. The zero-order valence-corrected chi connectivity index (χ0v) is 18.4. The Morgan fingerprint density at radius 1 is 1.16 bits per heavy atom. The molecule has 0 aromatic heterocycles. The second-order valence-corrected chi connectivity index (χ2v) is 8.17. The molecule has 2 unspecified atom stereocenters. The first-order valence-electron chi connectivity index (χ1n) is 9.68. The van der Waals surface area contributed by atoms with Crippen LogP contribution in [0.25, 0.3) is 0 Å². The van der Waals surface area contributed by atoms with Crippen molar-refractivity contribution in [1.29, 1.82) is 0 Å². The maximum absolute atomic E-state index is 13.9. The fourth-order valence-corrected chi connectivity index (χ4v) is 4.48. The van der Waals surface area contributed by atoms with E-state index in [2.05, 4.69) is 10.6 Å². The van der Waals surface area contributed by atoms with Crippen LogP contribution in [0, 0.1) is 5.82 Å². The van der Waals surface area contributed by atoms with Crippen LogP contribution in [0.4, 0.5) is 4.39 Å². The third kappa shape index (κ3) is 5.41. The predicted molar refractivity (Wildman–Crippen MR) is 116 cm³/mol. The summed E-state index contributed by atoms with van der Waals surface area (Å²) in [4.78, 5) is 25.0. The highest BCUT2D eigenvalue weighted by atomic mass is 32.2. The average molecular weight is 449 g/mol. The highest BCUT2D eigenvalue weighted by Gasteiger charge is 2.32. The van der Waals surface area contributed by atoms with Gasteiger partial charge in [0.05, 0.1) is 26.6 Å². The van der Waals surface area contributed by atoms with Gasteiger partial charge >= 0.3 is 0 Å². The Bertz CT molecular complexity index is 930. The minimum Gasteiger partial charge on any atom is -0.493 e. The van der Waals surface area contributed by atoms with Crippen molar-refractivity contribution in [2.24, 2.45) is 0 Å². The fraction of sp³-hybridized carbons (Fsp3) is 0.364. The van der Waals surface area contributed by atoms with Gasteiger partial charge in [-0.2, -0.15) is 0 Å². The molecule has 1 heterocycles. The number of methoxy groups -OCH3 is 3. The number of benzene rings is 2. The highest BCUT2D eigenvalue weighted by molar-refractivity contribution is 8.00. The summed E-state index contributed by atoms with van der Waals surface area (Å²) >= 11 is 1.35. The van der Waals surface area contributed by atoms with Crippen LogP contribution in [0.15, 0.2) is 36.4 Å². The van der Waals surface area contributed by atoms with Crippen molar-refractivity contribution >= 4 is 23.6 Å². The van der Waals surface area contributed by atoms with Gasteiger partial charge in [-0.3, -0.25) is 9.59 Å². The van der Waals surface area contributed by atoms with Crippen LogP contribution in [0.5, 0.6) is 17.2 Å². The zero-order chi connectivity index (χ0) is 22.4. The molecule has 2 amide bonds. The first-order chi connectivity index (χ1) is 15.0. The van der Waals surface area contributed by atoms with Gasteiger partial charge in [-0.1, -0.05) is 18.2 Å². The molecule has 2 N–H and O–H groups in total. The number of carbonyl (C=O) groups excluding carboxylic acids is 2. The lowest BCUT2D eigenvalue weighted by atomic mass is 10.1. The number of nitrogens with one attached hydrogen (secondary N) is 2. The molecule has 2 aromatic rings. The van der Waals surface area contributed by atoms with Crippen LogP contribution in [0.2, 0.25) is 0 Å². The number of carbonyl (C=O) groups is 2. The topological polar surface area (TPSA) is 85.9 Å². The largest absolute Gasteiger partial charge is 0.493 e. The number of halogens is 1. The molecule has 1 aliphatic rings. The Kier molecular flexibility index (Phi) is 7.62. The third-order valence-corrected chi connectivity index (χ3v) is 6.25. The second kappa shape index (κ2) is 10.4. The first-order valence-corrected chi connectivity index (χ1v) is 10.7. The van der Waals surface area contributed by atoms with E-state index < -0.39 is 11.3 Å². The van der Waals surface area contributed by atoms with Crippen molar-refractivity contribution < 1.29 is 28.2 Å². The van der Waals surface area contributed by atoms with Crippen molar-refractivity contribution in [3.8, 4) is 17.2 Å². The highest BCUT2D eigenvalue weighted by Crippen LogP contribution is 2.38. The van der Waals surface area contributed by atoms with Gasteiger partial charge in [0.2, 0.25) is 17.6 Å². The Hall–Kier alpha value is -2.94. The van der Waals surface area contributed by atoms with E-state index in [0.29, 0.717) is 28.6 Å². The molecule has 1 saturated heterocycles. The second-order valence-electron chi connectivity index (χ2n) is 6.93. The van der Waals surface area contributed by atoms with Crippen molar-refractivity contribution in [3.05, 3.63) is 53.3 Å². The van der Waals surface area contributed by atoms with Gasteiger partial charge in [-0.25, -0.2) is 4.39 Å². The summed E-state index contributed by atoms with van der Waals surface area (Å²) in [5.41, 5.74) is 1.25. The van der Waals surface area contributed by atoms with Crippen LogP contribution < -0.4 is 24.8 Å². The lowest BCUT2D eigenvalue weighted by Crippen LogP contribution is -2.54.